The predicted molar refractivity (Wildman–Crippen MR) is 97.4 cm³/mol. The first-order valence-corrected chi connectivity index (χ1v) is 9.16. The number of benzene rings is 1. The van der Waals surface area contributed by atoms with Crippen LogP contribution in [0.5, 0.6) is 0 Å². The lowest BCUT2D eigenvalue weighted by Gasteiger charge is -2.25. The number of nitrogens with two attached hydrogens (primary N) is 1. The summed E-state index contributed by atoms with van der Waals surface area (Å²) >= 11 is 1.67. The third-order valence-electron chi connectivity index (χ3n) is 3.57. The molecule has 1 aromatic rings. The Kier molecular flexibility index (Phi) is 8.12. The fourth-order valence-electron chi connectivity index (χ4n) is 2.16. The molecule has 1 aromatic carbocycles. The van der Waals surface area contributed by atoms with E-state index < -0.39 is 6.04 Å². The quantitative estimate of drug-likeness (QED) is 0.764. The van der Waals surface area contributed by atoms with E-state index in [4.69, 9.17) is 5.73 Å². The number of rotatable bonds is 8. The van der Waals surface area contributed by atoms with Gasteiger partial charge in [0.15, 0.2) is 0 Å². The van der Waals surface area contributed by atoms with Crippen molar-refractivity contribution in [1.82, 2.24) is 4.90 Å². The first kappa shape index (κ1) is 19.5. The molecule has 0 radical (unpaired) electrons. The summed E-state index contributed by atoms with van der Waals surface area (Å²) in [7, 11) is 0. The van der Waals surface area contributed by atoms with E-state index in [0.717, 1.165) is 17.0 Å². The summed E-state index contributed by atoms with van der Waals surface area (Å²) in [5.74, 6) is 0.750. The average molecular weight is 337 g/mol. The number of hydrogen-bond donors (Lipinski definition) is 2. The Hall–Kier alpha value is -1.53. The van der Waals surface area contributed by atoms with Gasteiger partial charge in [0, 0.05) is 25.2 Å². The minimum Gasteiger partial charge on any atom is -0.336 e. The number of nitrogens with zero attached hydrogens (tertiary/aromatic N) is 1. The van der Waals surface area contributed by atoms with Crippen molar-refractivity contribution in [1.29, 1.82) is 0 Å². The van der Waals surface area contributed by atoms with Gasteiger partial charge in [-0.2, -0.15) is 11.8 Å². The first-order valence-electron chi connectivity index (χ1n) is 7.76. The Labute approximate surface area is 143 Å². The van der Waals surface area contributed by atoms with Gasteiger partial charge in [0.2, 0.25) is 11.8 Å². The van der Waals surface area contributed by atoms with Gasteiger partial charge in [-0.05, 0) is 50.0 Å². The van der Waals surface area contributed by atoms with E-state index in [0.29, 0.717) is 13.0 Å². The van der Waals surface area contributed by atoms with Gasteiger partial charge in [-0.25, -0.2) is 0 Å². The molecule has 0 aliphatic heterocycles. The third kappa shape index (κ3) is 6.62. The van der Waals surface area contributed by atoms with Crippen LogP contribution in [-0.4, -0.2) is 40.8 Å². The van der Waals surface area contributed by atoms with E-state index in [1.54, 1.807) is 23.6 Å². The van der Waals surface area contributed by atoms with Crippen molar-refractivity contribution in [2.45, 2.75) is 45.8 Å². The minimum atomic E-state index is -0.490. The highest BCUT2D eigenvalue weighted by Gasteiger charge is 2.14. The van der Waals surface area contributed by atoms with Crippen molar-refractivity contribution in [3.05, 3.63) is 29.8 Å². The highest BCUT2D eigenvalue weighted by atomic mass is 32.2. The molecule has 3 N–H and O–H groups in total. The first-order chi connectivity index (χ1) is 10.8. The molecule has 0 saturated heterocycles. The molecule has 23 heavy (non-hydrogen) atoms. The van der Waals surface area contributed by atoms with E-state index in [1.807, 2.05) is 44.4 Å². The number of carbonyl (C=O) groups is 2. The van der Waals surface area contributed by atoms with E-state index in [1.165, 1.54) is 0 Å². The molecule has 0 saturated carbocycles. The molecular formula is C17H27N3O2S. The number of nitrogens with one attached hydrogen (secondary N) is 1. The number of thioether (sulfide) groups is 1. The summed E-state index contributed by atoms with van der Waals surface area (Å²) < 4.78 is 0. The number of amides is 2. The molecule has 0 bridgehead atoms. The van der Waals surface area contributed by atoms with Crippen LogP contribution in [0, 0.1) is 0 Å². The maximum Gasteiger partial charge on any atom is 0.241 e. The van der Waals surface area contributed by atoms with Crippen molar-refractivity contribution >= 4 is 29.3 Å². The van der Waals surface area contributed by atoms with Crippen LogP contribution in [0.15, 0.2) is 24.3 Å². The summed E-state index contributed by atoms with van der Waals surface area (Å²) in [5.41, 5.74) is 7.59. The lowest BCUT2D eigenvalue weighted by Crippen LogP contribution is -2.36. The van der Waals surface area contributed by atoms with Gasteiger partial charge in [0.1, 0.15) is 0 Å². The van der Waals surface area contributed by atoms with Gasteiger partial charge < -0.3 is 16.0 Å². The van der Waals surface area contributed by atoms with Crippen molar-refractivity contribution in [2.75, 3.05) is 17.3 Å². The van der Waals surface area contributed by atoms with Crippen LogP contribution in [-0.2, 0) is 16.1 Å². The molecule has 5 nitrogen and oxygen atoms in total. The molecule has 0 aromatic heterocycles. The largest absolute Gasteiger partial charge is 0.336 e. The van der Waals surface area contributed by atoms with Gasteiger partial charge in [-0.3, -0.25) is 9.59 Å². The third-order valence-corrected chi connectivity index (χ3v) is 4.22. The molecule has 0 fully saturated rings. The zero-order valence-corrected chi connectivity index (χ0v) is 15.2. The van der Waals surface area contributed by atoms with Crippen molar-refractivity contribution in [3.63, 3.8) is 0 Å². The Balaban J connectivity index is 2.62. The second-order valence-corrected chi connectivity index (χ2v) is 6.80. The standard InChI is InChI=1S/C17H27N3O2S/c1-12(2)20(13(3)21)11-14-5-7-15(8-6-14)19-17(22)16(18)9-10-23-4/h5-8,12,16H,9-11,18H2,1-4H3,(H,19,22)/t16-/m0/s1. The van der Waals surface area contributed by atoms with Gasteiger partial charge in [0.25, 0.3) is 0 Å². The maximum atomic E-state index is 12.0. The van der Waals surface area contributed by atoms with Gasteiger partial charge in [0.05, 0.1) is 6.04 Å². The monoisotopic (exact) mass is 337 g/mol. The van der Waals surface area contributed by atoms with Gasteiger partial charge >= 0.3 is 0 Å². The van der Waals surface area contributed by atoms with E-state index >= 15 is 0 Å². The number of hydrogen-bond acceptors (Lipinski definition) is 4. The molecule has 2 amide bonds. The molecule has 6 heteroatoms. The van der Waals surface area contributed by atoms with Crippen molar-refractivity contribution < 1.29 is 9.59 Å². The molecule has 0 heterocycles. The molecule has 0 aliphatic carbocycles. The summed E-state index contributed by atoms with van der Waals surface area (Å²) in [4.78, 5) is 25.4. The number of carbonyl (C=O) groups excluding carboxylic acids is 2. The molecular weight excluding hydrogens is 310 g/mol. The fraction of sp³-hybridized carbons (Fsp3) is 0.529. The predicted octanol–water partition coefficient (Wildman–Crippen LogP) is 2.46. The minimum absolute atomic E-state index is 0.0529. The molecule has 0 aliphatic rings. The summed E-state index contributed by atoms with van der Waals surface area (Å²) in [6, 6.07) is 7.18. The van der Waals surface area contributed by atoms with Crippen LogP contribution in [0.3, 0.4) is 0 Å². The van der Waals surface area contributed by atoms with Crippen molar-refractivity contribution in [3.8, 4) is 0 Å². The zero-order chi connectivity index (χ0) is 17.4. The second kappa shape index (κ2) is 9.57. The van der Waals surface area contributed by atoms with Crippen LogP contribution in [0.25, 0.3) is 0 Å². The summed E-state index contributed by atoms with van der Waals surface area (Å²) in [6.07, 6.45) is 2.65. The number of anilines is 1. The Morgan fingerprint density at radius 3 is 2.35 bits per heavy atom. The molecule has 0 spiro atoms. The lowest BCUT2D eigenvalue weighted by atomic mass is 10.1. The summed E-state index contributed by atoms with van der Waals surface area (Å²) in [5, 5.41) is 2.82. The van der Waals surface area contributed by atoms with Crippen LogP contribution in [0.4, 0.5) is 5.69 Å². The van der Waals surface area contributed by atoms with Crippen LogP contribution in [0.1, 0.15) is 32.8 Å². The normalized spacial score (nSPS) is 12.1. The Bertz CT molecular complexity index is 517. The maximum absolute atomic E-state index is 12.0. The lowest BCUT2D eigenvalue weighted by molar-refractivity contribution is -0.131. The highest BCUT2D eigenvalue weighted by molar-refractivity contribution is 7.98. The molecule has 128 valence electrons. The molecule has 1 atom stereocenters. The smallest absolute Gasteiger partial charge is 0.241 e. The highest BCUT2D eigenvalue weighted by Crippen LogP contribution is 2.14. The zero-order valence-electron chi connectivity index (χ0n) is 14.3. The van der Waals surface area contributed by atoms with E-state index in [9.17, 15) is 9.59 Å². The SMILES string of the molecule is CSCC[C@H](N)C(=O)Nc1ccc(CN(C(C)=O)C(C)C)cc1. The fourth-order valence-corrected chi connectivity index (χ4v) is 2.65. The molecule has 1 rings (SSSR count). The topological polar surface area (TPSA) is 75.4 Å². The average Bonchev–Trinajstić information content (AvgIpc) is 2.50. The van der Waals surface area contributed by atoms with Gasteiger partial charge in [-0.1, -0.05) is 12.1 Å². The van der Waals surface area contributed by atoms with Crippen LogP contribution >= 0.6 is 11.8 Å². The van der Waals surface area contributed by atoms with Gasteiger partial charge in [-0.15, -0.1) is 0 Å². The summed E-state index contributed by atoms with van der Waals surface area (Å²) in [6.45, 7) is 6.12. The second-order valence-electron chi connectivity index (χ2n) is 5.81. The van der Waals surface area contributed by atoms with Crippen LogP contribution in [0.2, 0.25) is 0 Å². The molecule has 0 unspecified atom stereocenters. The van der Waals surface area contributed by atoms with Crippen molar-refractivity contribution in [2.24, 2.45) is 5.73 Å². The van der Waals surface area contributed by atoms with E-state index in [2.05, 4.69) is 5.32 Å². The Morgan fingerprint density at radius 1 is 1.26 bits per heavy atom. The van der Waals surface area contributed by atoms with Crippen LogP contribution < -0.4 is 11.1 Å². The Morgan fingerprint density at radius 2 is 1.87 bits per heavy atom. The van der Waals surface area contributed by atoms with E-state index in [-0.39, 0.29) is 17.9 Å².